The van der Waals surface area contributed by atoms with E-state index in [2.05, 4.69) is 41.4 Å². The number of ether oxygens (including phenoxy) is 1. The number of amides is 1. The monoisotopic (exact) mass is 385 g/mol. The van der Waals surface area contributed by atoms with Gasteiger partial charge in [-0.1, -0.05) is 36.2 Å². The summed E-state index contributed by atoms with van der Waals surface area (Å²) in [5, 5.41) is 3.31. The Morgan fingerprint density at radius 3 is 2.64 bits per heavy atom. The Bertz CT molecular complexity index is 660. The van der Waals surface area contributed by atoms with Crippen molar-refractivity contribution in [2.24, 2.45) is 23.5 Å². The maximum atomic E-state index is 13.0. The fourth-order valence-corrected chi connectivity index (χ4v) is 5.57. The highest BCUT2D eigenvalue weighted by Crippen LogP contribution is 2.41. The summed E-state index contributed by atoms with van der Waals surface area (Å²) in [5.41, 5.74) is 8.95. The Morgan fingerprint density at radius 1 is 1.25 bits per heavy atom. The van der Waals surface area contributed by atoms with E-state index < -0.39 is 0 Å². The summed E-state index contributed by atoms with van der Waals surface area (Å²) in [6.45, 7) is 6.15. The number of benzene rings is 1. The third-order valence-electron chi connectivity index (χ3n) is 7.17. The van der Waals surface area contributed by atoms with Crippen LogP contribution in [0.15, 0.2) is 24.3 Å². The molecule has 3 fully saturated rings. The maximum absolute atomic E-state index is 13.0. The lowest BCUT2D eigenvalue weighted by molar-refractivity contribution is -0.128. The van der Waals surface area contributed by atoms with Gasteiger partial charge < -0.3 is 15.8 Å². The average molecular weight is 386 g/mol. The fourth-order valence-electron chi connectivity index (χ4n) is 5.57. The van der Waals surface area contributed by atoms with Crippen molar-refractivity contribution in [1.82, 2.24) is 10.2 Å². The lowest BCUT2D eigenvalue weighted by Gasteiger charge is -2.43. The fraction of sp³-hybridized carbons (Fsp3) is 0.696. The van der Waals surface area contributed by atoms with Gasteiger partial charge in [-0.15, -0.1) is 0 Å². The number of carbonyl (C=O) groups excluding carboxylic acids is 1. The van der Waals surface area contributed by atoms with Crippen molar-refractivity contribution in [2.75, 3.05) is 32.8 Å². The van der Waals surface area contributed by atoms with E-state index in [0.29, 0.717) is 24.4 Å². The molecule has 1 heterocycles. The number of fused-ring (bicyclic) bond motifs is 2. The highest BCUT2D eigenvalue weighted by atomic mass is 16.5. The average Bonchev–Trinajstić information content (AvgIpc) is 2.69. The van der Waals surface area contributed by atoms with E-state index >= 15 is 0 Å². The van der Waals surface area contributed by atoms with Crippen molar-refractivity contribution in [1.29, 1.82) is 0 Å². The molecule has 2 aliphatic carbocycles. The number of nitrogens with one attached hydrogen (secondary N) is 1. The van der Waals surface area contributed by atoms with Crippen LogP contribution in [-0.4, -0.2) is 49.7 Å². The number of rotatable bonds is 5. The molecular weight excluding hydrogens is 350 g/mol. The van der Waals surface area contributed by atoms with Crippen molar-refractivity contribution in [2.45, 2.75) is 51.1 Å². The summed E-state index contributed by atoms with van der Waals surface area (Å²) in [7, 11) is 0. The van der Waals surface area contributed by atoms with Gasteiger partial charge in [0.1, 0.15) is 0 Å². The Labute approximate surface area is 169 Å². The van der Waals surface area contributed by atoms with Gasteiger partial charge in [-0.2, -0.15) is 0 Å². The Morgan fingerprint density at radius 2 is 1.96 bits per heavy atom. The molecule has 3 atom stereocenters. The van der Waals surface area contributed by atoms with Crippen LogP contribution in [0.5, 0.6) is 0 Å². The van der Waals surface area contributed by atoms with Gasteiger partial charge in [0, 0.05) is 31.6 Å². The Balaban J connectivity index is 1.41. The summed E-state index contributed by atoms with van der Waals surface area (Å²) in [6.07, 6.45) is 5.61. The van der Waals surface area contributed by atoms with Gasteiger partial charge in [-0.05, 0) is 50.0 Å². The van der Waals surface area contributed by atoms with Crippen molar-refractivity contribution in [3.8, 4) is 0 Å². The van der Waals surface area contributed by atoms with Crippen LogP contribution in [0.4, 0.5) is 0 Å². The minimum absolute atomic E-state index is 0.137. The smallest absolute Gasteiger partial charge is 0.223 e. The minimum atomic E-state index is 0.137. The molecule has 154 valence electrons. The molecule has 3 unspecified atom stereocenters. The number of aryl methyl sites for hydroxylation is 1. The SMILES string of the molecule is Cc1cccc(C(CNC(=O)C2CC3CCCC(C2)C3N)N2CCOCC2)c1. The molecule has 5 nitrogen and oxygen atoms in total. The molecule has 3 aliphatic rings. The number of nitrogens with zero attached hydrogens (tertiary/aromatic N) is 1. The van der Waals surface area contributed by atoms with Gasteiger partial charge in [0.05, 0.1) is 19.3 Å². The summed E-state index contributed by atoms with van der Waals surface area (Å²) in [6, 6.07) is 9.19. The van der Waals surface area contributed by atoms with Crippen molar-refractivity contribution < 1.29 is 9.53 Å². The first-order chi connectivity index (χ1) is 13.6. The first-order valence-corrected chi connectivity index (χ1v) is 11.0. The van der Waals surface area contributed by atoms with Crippen LogP contribution in [0.1, 0.15) is 49.3 Å². The predicted molar refractivity (Wildman–Crippen MR) is 111 cm³/mol. The van der Waals surface area contributed by atoms with Crippen LogP contribution in [0.2, 0.25) is 0 Å². The number of hydrogen-bond acceptors (Lipinski definition) is 4. The number of hydrogen-bond donors (Lipinski definition) is 2. The Hall–Kier alpha value is -1.43. The van der Waals surface area contributed by atoms with Gasteiger partial charge in [0.25, 0.3) is 0 Å². The van der Waals surface area contributed by atoms with E-state index in [4.69, 9.17) is 10.5 Å². The molecule has 2 bridgehead atoms. The summed E-state index contributed by atoms with van der Waals surface area (Å²) in [5.74, 6) is 1.44. The molecule has 0 radical (unpaired) electrons. The van der Waals surface area contributed by atoms with Crippen LogP contribution < -0.4 is 11.1 Å². The zero-order valence-corrected chi connectivity index (χ0v) is 17.1. The van der Waals surface area contributed by atoms with E-state index in [1.54, 1.807) is 0 Å². The first kappa shape index (κ1) is 19.9. The standard InChI is InChI=1S/C23H35N3O2/c1-16-4-2-5-17(12-16)21(26-8-10-28-11-9-26)15-25-23(27)20-13-18-6-3-7-19(14-20)22(18)24/h2,4-5,12,18-22H,3,6-11,13-15,24H2,1H3,(H,25,27). The molecule has 0 aromatic heterocycles. The molecule has 1 aromatic carbocycles. The lowest BCUT2D eigenvalue weighted by Crippen LogP contribution is -2.50. The number of nitrogens with two attached hydrogens (primary N) is 1. The third kappa shape index (κ3) is 4.42. The van der Waals surface area contributed by atoms with Crippen molar-refractivity contribution >= 4 is 5.91 Å². The molecule has 1 saturated heterocycles. The second-order valence-electron chi connectivity index (χ2n) is 9.02. The topological polar surface area (TPSA) is 67.6 Å². The molecule has 3 N–H and O–H groups in total. The second-order valence-corrected chi connectivity index (χ2v) is 9.02. The zero-order chi connectivity index (χ0) is 19.5. The first-order valence-electron chi connectivity index (χ1n) is 11.0. The largest absolute Gasteiger partial charge is 0.379 e. The molecule has 1 amide bonds. The molecule has 1 aliphatic heterocycles. The van der Waals surface area contributed by atoms with Gasteiger partial charge in [-0.25, -0.2) is 0 Å². The van der Waals surface area contributed by atoms with E-state index in [-0.39, 0.29) is 17.9 Å². The van der Waals surface area contributed by atoms with Crippen LogP contribution >= 0.6 is 0 Å². The molecule has 2 saturated carbocycles. The Kier molecular flexibility index (Phi) is 6.34. The molecule has 5 heteroatoms. The highest BCUT2D eigenvalue weighted by Gasteiger charge is 2.40. The van der Waals surface area contributed by atoms with Gasteiger partial charge >= 0.3 is 0 Å². The van der Waals surface area contributed by atoms with Crippen molar-refractivity contribution in [3.63, 3.8) is 0 Å². The van der Waals surface area contributed by atoms with E-state index in [9.17, 15) is 4.79 Å². The minimum Gasteiger partial charge on any atom is -0.379 e. The van der Waals surface area contributed by atoms with E-state index in [1.165, 1.54) is 30.4 Å². The van der Waals surface area contributed by atoms with E-state index in [1.807, 2.05) is 0 Å². The summed E-state index contributed by atoms with van der Waals surface area (Å²) < 4.78 is 5.54. The van der Waals surface area contributed by atoms with Gasteiger partial charge in [0.2, 0.25) is 5.91 Å². The maximum Gasteiger partial charge on any atom is 0.223 e. The predicted octanol–water partition coefficient (Wildman–Crippen LogP) is 2.64. The lowest BCUT2D eigenvalue weighted by atomic mass is 9.65. The number of morpholine rings is 1. The highest BCUT2D eigenvalue weighted by molar-refractivity contribution is 5.78. The number of carbonyl (C=O) groups is 1. The van der Waals surface area contributed by atoms with Crippen molar-refractivity contribution in [3.05, 3.63) is 35.4 Å². The van der Waals surface area contributed by atoms with Crippen LogP contribution in [0.25, 0.3) is 0 Å². The zero-order valence-electron chi connectivity index (χ0n) is 17.1. The second kappa shape index (κ2) is 8.93. The van der Waals surface area contributed by atoms with Crippen LogP contribution in [0, 0.1) is 24.7 Å². The molecule has 28 heavy (non-hydrogen) atoms. The van der Waals surface area contributed by atoms with Crippen LogP contribution in [0.3, 0.4) is 0 Å². The molecular formula is C23H35N3O2. The summed E-state index contributed by atoms with van der Waals surface area (Å²) >= 11 is 0. The van der Waals surface area contributed by atoms with E-state index in [0.717, 1.165) is 39.1 Å². The van der Waals surface area contributed by atoms with Gasteiger partial charge in [-0.3, -0.25) is 9.69 Å². The van der Waals surface area contributed by atoms with Crippen LogP contribution in [-0.2, 0) is 9.53 Å². The molecule has 1 aromatic rings. The summed E-state index contributed by atoms with van der Waals surface area (Å²) in [4.78, 5) is 15.5. The van der Waals surface area contributed by atoms with Gasteiger partial charge in [0.15, 0.2) is 0 Å². The third-order valence-corrected chi connectivity index (χ3v) is 7.17. The quantitative estimate of drug-likeness (QED) is 0.818. The normalized spacial score (nSPS) is 31.9. The molecule has 0 spiro atoms. The molecule has 4 rings (SSSR count).